The molecule has 1 fully saturated rings. The number of hydrogen-bond acceptors (Lipinski definition) is 6. The van der Waals surface area contributed by atoms with E-state index in [9.17, 15) is 4.79 Å². The van der Waals surface area contributed by atoms with Crippen molar-refractivity contribution in [1.82, 2.24) is 15.0 Å². The second-order valence-electron chi connectivity index (χ2n) is 5.94. The molecule has 2 aromatic heterocycles. The van der Waals surface area contributed by atoms with Crippen LogP contribution in [-0.4, -0.2) is 41.1 Å². The Morgan fingerprint density at radius 2 is 2.08 bits per heavy atom. The molecule has 3 heterocycles. The summed E-state index contributed by atoms with van der Waals surface area (Å²) < 4.78 is 5.38. The van der Waals surface area contributed by atoms with Crippen LogP contribution in [0.5, 0.6) is 0 Å². The molecule has 25 heavy (non-hydrogen) atoms. The number of hydrogen-bond donors (Lipinski definition) is 2. The third-order valence-electron chi connectivity index (χ3n) is 4.19. The lowest BCUT2D eigenvalue weighted by atomic mass is 10.0. The number of aromatic nitrogens is 3. The zero-order valence-electron chi connectivity index (χ0n) is 14.0. The summed E-state index contributed by atoms with van der Waals surface area (Å²) >= 11 is 6.27. The number of anilines is 2. The fraction of sp³-hybridized carbons (Fsp3) is 0.412. The highest BCUT2D eigenvalue weighted by molar-refractivity contribution is 6.33. The number of nitrogens with zero attached hydrogens (tertiary/aromatic N) is 3. The highest BCUT2D eigenvalue weighted by Crippen LogP contribution is 2.30. The molecule has 1 aliphatic rings. The van der Waals surface area contributed by atoms with Crippen LogP contribution in [0.2, 0.25) is 5.02 Å². The van der Waals surface area contributed by atoms with Gasteiger partial charge in [-0.15, -0.1) is 0 Å². The van der Waals surface area contributed by atoms with Crippen LogP contribution in [0.25, 0.3) is 11.3 Å². The standard InChI is InChI=1S/C17H20ClN5O2/c1-11-17(13-6-15(22-10-24)21-8-14(13)18)23-16(9-19-11)20-7-12-2-4-25-5-3-12/h6,8-10,12H,2-5,7H2,1H3,(H,20,23)(H,21,22,24). The Balaban J connectivity index is 1.81. The van der Waals surface area contributed by atoms with Gasteiger partial charge in [-0.1, -0.05) is 11.6 Å². The molecule has 0 spiro atoms. The lowest BCUT2D eigenvalue weighted by molar-refractivity contribution is -0.105. The molecule has 8 heteroatoms. The molecule has 0 aliphatic carbocycles. The number of rotatable bonds is 6. The number of carbonyl (C=O) groups excluding carboxylic acids is 1. The third kappa shape index (κ3) is 4.43. The van der Waals surface area contributed by atoms with Gasteiger partial charge in [0.05, 0.1) is 22.6 Å². The molecule has 2 N–H and O–H groups in total. The van der Waals surface area contributed by atoms with Gasteiger partial charge in [-0.25, -0.2) is 9.97 Å². The minimum atomic E-state index is 0.413. The molecule has 0 unspecified atom stereocenters. The number of aryl methyl sites for hydroxylation is 1. The normalized spacial score (nSPS) is 15.0. The fourth-order valence-electron chi connectivity index (χ4n) is 2.75. The molecule has 2 aromatic rings. The van der Waals surface area contributed by atoms with Crippen molar-refractivity contribution in [2.75, 3.05) is 30.4 Å². The molecule has 0 aromatic carbocycles. The van der Waals surface area contributed by atoms with E-state index in [0.717, 1.165) is 38.3 Å². The lowest BCUT2D eigenvalue weighted by Crippen LogP contribution is -2.23. The number of halogens is 1. The first kappa shape index (κ1) is 17.6. The largest absolute Gasteiger partial charge is 0.381 e. The molecule has 1 aliphatic heterocycles. The van der Waals surface area contributed by atoms with Gasteiger partial charge >= 0.3 is 0 Å². The molecule has 0 bridgehead atoms. The number of nitrogens with one attached hydrogen (secondary N) is 2. The molecule has 0 atom stereocenters. The van der Waals surface area contributed by atoms with Gasteiger partial charge in [-0.2, -0.15) is 0 Å². The lowest BCUT2D eigenvalue weighted by Gasteiger charge is -2.22. The van der Waals surface area contributed by atoms with E-state index >= 15 is 0 Å². The van der Waals surface area contributed by atoms with Crippen molar-refractivity contribution in [3.63, 3.8) is 0 Å². The van der Waals surface area contributed by atoms with Crippen molar-refractivity contribution in [2.45, 2.75) is 19.8 Å². The van der Waals surface area contributed by atoms with Crippen molar-refractivity contribution in [2.24, 2.45) is 5.92 Å². The molecular formula is C17H20ClN5O2. The topological polar surface area (TPSA) is 89.0 Å². The summed E-state index contributed by atoms with van der Waals surface area (Å²) in [7, 11) is 0. The summed E-state index contributed by atoms with van der Waals surface area (Å²) in [6.45, 7) is 4.34. The SMILES string of the molecule is Cc1ncc(NCC2CCOCC2)nc1-c1cc(NC=O)ncc1Cl. The van der Waals surface area contributed by atoms with E-state index in [1.807, 2.05) is 6.92 Å². The summed E-state index contributed by atoms with van der Waals surface area (Å²) in [6.07, 6.45) is 5.89. The van der Waals surface area contributed by atoms with E-state index in [2.05, 4.69) is 25.6 Å². The van der Waals surface area contributed by atoms with Crippen molar-refractivity contribution >= 4 is 29.6 Å². The van der Waals surface area contributed by atoms with Crippen LogP contribution in [0.4, 0.5) is 11.6 Å². The van der Waals surface area contributed by atoms with Crippen LogP contribution in [0, 0.1) is 12.8 Å². The summed E-state index contributed by atoms with van der Waals surface area (Å²) in [5.41, 5.74) is 2.10. The summed E-state index contributed by atoms with van der Waals surface area (Å²) in [5, 5.41) is 6.33. The highest BCUT2D eigenvalue weighted by Gasteiger charge is 2.15. The highest BCUT2D eigenvalue weighted by atomic mass is 35.5. The second-order valence-corrected chi connectivity index (χ2v) is 6.34. The number of ether oxygens (including phenoxy) is 1. The number of pyridine rings is 1. The van der Waals surface area contributed by atoms with Gasteiger partial charge in [0.1, 0.15) is 11.6 Å². The third-order valence-corrected chi connectivity index (χ3v) is 4.49. The monoisotopic (exact) mass is 361 g/mol. The first-order valence-electron chi connectivity index (χ1n) is 8.18. The maximum Gasteiger partial charge on any atom is 0.212 e. The smallest absolute Gasteiger partial charge is 0.212 e. The van der Waals surface area contributed by atoms with Gasteiger partial charge < -0.3 is 15.4 Å². The quantitative estimate of drug-likeness (QED) is 0.769. The summed E-state index contributed by atoms with van der Waals surface area (Å²) in [6, 6.07) is 1.69. The molecule has 0 saturated carbocycles. The zero-order chi connectivity index (χ0) is 17.6. The number of amides is 1. The Labute approximate surface area is 151 Å². The Bertz CT molecular complexity index is 750. The Morgan fingerprint density at radius 3 is 2.84 bits per heavy atom. The summed E-state index contributed by atoms with van der Waals surface area (Å²) in [5.74, 6) is 1.69. The van der Waals surface area contributed by atoms with Crippen molar-refractivity contribution in [3.05, 3.63) is 29.2 Å². The van der Waals surface area contributed by atoms with Crippen molar-refractivity contribution < 1.29 is 9.53 Å². The Morgan fingerprint density at radius 1 is 1.28 bits per heavy atom. The van der Waals surface area contributed by atoms with Gasteiger partial charge in [-0.3, -0.25) is 9.78 Å². The zero-order valence-corrected chi connectivity index (χ0v) is 14.7. The van der Waals surface area contributed by atoms with Gasteiger partial charge in [-0.05, 0) is 31.7 Å². The van der Waals surface area contributed by atoms with E-state index in [1.54, 1.807) is 12.3 Å². The van der Waals surface area contributed by atoms with E-state index < -0.39 is 0 Å². The van der Waals surface area contributed by atoms with Crippen LogP contribution >= 0.6 is 11.6 Å². The molecule has 3 rings (SSSR count). The maximum atomic E-state index is 10.6. The molecule has 1 saturated heterocycles. The van der Waals surface area contributed by atoms with Gasteiger partial charge in [0.2, 0.25) is 6.41 Å². The minimum absolute atomic E-state index is 0.413. The van der Waals surface area contributed by atoms with Crippen LogP contribution < -0.4 is 10.6 Å². The molecule has 132 valence electrons. The maximum absolute atomic E-state index is 10.6. The first-order valence-corrected chi connectivity index (χ1v) is 8.56. The average molecular weight is 362 g/mol. The molecular weight excluding hydrogens is 342 g/mol. The minimum Gasteiger partial charge on any atom is -0.381 e. The first-order chi connectivity index (χ1) is 12.2. The molecule has 7 nitrogen and oxygen atoms in total. The van der Waals surface area contributed by atoms with Gasteiger partial charge in [0, 0.05) is 31.5 Å². The predicted octanol–water partition coefficient (Wildman–Crippen LogP) is 2.91. The van der Waals surface area contributed by atoms with Gasteiger partial charge in [0.15, 0.2) is 0 Å². The average Bonchev–Trinajstić information content (AvgIpc) is 2.64. The number of carbonyl (C=O) groups is 1. The van der Waals surface area contributed by atoms with Gasteiger partial charge in [0.25, 0.3) is 0 Å². The van der Waals surface area contributed by atoms with Crippen LogP contribution in [-0.2, 0) is 9.53 Å². The Hall–Kier alpha value is -2.25. The molecule has 1 amide bonds. The Kier molecular flexibility index (Phi) is 5.78. The molecule has 0 radical (unpaired) electrons. The van der Waals surface area contributed by atoms with Crippen molar-refractivity contribution in [3.8, 4) is 11.3 Å². The fourth-order valence-corrected chi connectivity index (χ4v) is 2.94. The van der Waals surface area contributed by atoms with E-state index in [-0.39, 0.29) is 0 Å². The van der Waals surface area contributed by atoms with E-state index in [4.69, 9.17) is 16.3 Å². The second kappa shape index (κ2) is 8.22. The van der Waals surface area contributed by atoms with E-state index in [0.29, 0.717) is 40.2 Å². The van der Waals surface area contributed by atoms with Crippen molar-refractivity contribution in [1.29, 1.82) is 0 Å². The van der Waals surface area contributed by atoms with Crippen LogP contribution in [0.1, 0.15) is 18.5 Å². The van der Waals surface area contributed by atoms with E-state index in [1.165, 1.54) is 6.20 Å². The van der Waals surface area contributed by atoms with Crippen LogP contribution in [0.15, 0.2) is 18.5 Å². The van der Waals surface area contributed by atoms with Crippen LogP contribution in [0.3, 0.4) is 0 Å². The summed E-state index contributed by atoms with van der Waals surface area (Å²) in [4.78, 5) is 23.8. The predicted molar refractivity (Wildman–Crippen MR) is 96.7 cm³/mol.